The number of nitrogens with zero attached hydrogens (tertiary/aromatic N) is 1. The first-order chi connectivity index (χ1) is 31.2. The number of carbonyl (C=O) groups excluding carboxylic acids is 5. The van der Waals surface area contributed by atoms with Crippen molar-refractivity contribution in [3.8, 4) is 0 Å². The Balaban J connectivity index is 1.51. The summed E-state index contributed by atoms with van der Waals surface area (Å²) >= 11 is 0. The van der Waals surface area contributed by atoms with Gasteiger partial charge in [-0.05, 0) is 113 Å². The van der Waals surface area contributed by atoms with Gasteiger partial charge in [0.15, 0.2) is 11.6 Å². The van der Waals surface area contributed by atoms with Crippen molar-refractivity contribution in [3.05, 3.63) is 59.8 Å². The lowest BCUT2D eigenvalue weighted by atomic mass is 9.80. The number of likely N-dealkylation sites (tertiary alicyclic amines) is 1. The van der Waals surface area contributed by atoms with E-state index in [1.807, 2.05) is 57.2 Å². The third-order valence-electron chi connectivity index (χ3n) is 13.9. The van der Waals surface area contributed by atoms with Crippen LogP contribution in [0.3, 0.4) is 0 Å². The summed E-state index contributed by atoms with van der Waals surface area (Å²) in [5.41, 5.74) is 1.37. The predicted octanol–water partition coefficient (Wildman–Crippen LogP) is 6.59. The summed E-state index contributed by atoms with van der Waals surface area (Å²) in [5, 5.41) is 32.9. The fourth-order valence-corrected chi connectivity index (χ4v) is 9.61. The van der Waals surface area contributed by atoms with E-state index in [1.54, 1.807) is 47.1 Å². The summed E-state index contributed by atoms with van der Waals surface area (Å²) in [6.07, 6.45) is 17.8. The van der Waals surface area contributed by atoms with Gasteiger partial charge in [-0.1, -0.05) is 77.2 Å². The van der Waals surface area contributed by atoms with E-state index in [-0.39, 0.29) is 36.1 Å². The molecule has 2 heterocycles. The van der Waals surface area contributed by atoms with Crippen LogP contribution in [0.25, 0.3) is 0 Å². The number of ketones is 3. The van der Waals surface area contributed by atoms with Crippen LogP contribution >= 0.6 is 0 Å². The zero-order valence-corrected chi connectivity index (χ0v) is 41.5. The standard InChI is InChI=1S/C52H81NO13/c1-32(27-36(5)46(56)48(64-10)47(57)37(6)29-35(4)42(54)24-20-33(2)28-39-22-25-43(55)45(30-39)63-9)17-13-12-14-18-34(3)44(62-8)31-40-23-21-38(7)52(61,66-40)49(58)50(59)53-26-16-15-19-41(53)51(60)65-11/h12-14,17-18,20,24,29,32-33,35-36,38-41,43-45,47-48,55,57,61H,15-16,19,21-23,25-28,30-31H2,1-11H3/t32-,33+,35-,36-,38-,39?,40+,41+,43-,44+,45-,47-,48+,52-/m1/s1. The molecular weight excluding hydrogens is 847 g/mol. The molecule has 1 saturated carbocycles. The fourth-order valence-electron chi connectivity index (χ4n) is 9.61. The summed E-state index contributed by atoms with van der Waals surface area (Å²) < 4.78 is 27.6. The van der Waals surface area contributed by atoms with Gasteiger partial charge in [-0.15, -0.1) is 0 Å². The average molecular weight is 928 g/mol. The first kappa shape index (κ1) is 56.7. The summed E-state index contributed by atoms with van der Waals surface area (Å²) in [5.74, 6) is -6.23. The van der Waals surface area contributed by atoms with E-state index in [0.29, 0.717) is 62.9 Å². The number of methoxy groups -OCH3 is 4. The van der Waals surface area contributed by atoms with Gasteiger partial charge < -0.3 is 43.9 Å². The number of esters is 1. The SMILES string of the molecule is COC(=O)[C@@H]1CCCCN1C(=O)C(=O)[C@]1(O)O[C@H](C[C@H](OC)C(C)=CC=CC=C[C@@H](C)C[C@@H](C)C(=O)[C@H](OC)[C@H](O)C(C)=C[C@@H](C)C(=O)C=C[C@H](C)CC2CC[C@@H](O)[C@H](OC)C2)CC[C@H]1C. The van der Waals surface area contributed by atoms with Crippen LogP contribution in [-0.4, -0.2) is 133 Å². The molecule has 0 aromatic carbocycles. The van der Waals surface area contributed by atoms with Gasteiger partial charge in [-0.2, -0.15) is 0 Å². The van der Waals surface area contributed by atoms with Crippen molar-refractivity contribution in [3.63, 3.8) is 0 Å². The summed E-state index contributed by atoms with van der Waals surface area (Å²) in [7, 11) is 5.84. The number of amides is 1. The highest BCUT2D eigenvalue weighted by Crippen LogP contribution is 2.37. The molecule has 14 heteroatoms. The summed E-state index contributed by atoms with van der Waals surface area (Å²) in [6, 6.07) is -0.881. The van der Waals surface area contributed by atoms with E-state index < -0.39 is 77.8 Å². The van der Waals surface area contributed by atoms with Gasteiger partial charge in [0.25, 0.3) is 11.7 Å². The number of carbonyl (C=O) groups is 5. The van der Waals surface area contributed by atoms with Gasteiger partial charge in [0.05, 0.1) is 31.5 Å². The van der Waals surface area contributed by atoms with E-state index >= 15 is 0 Å². The molecule has 0 aromatic heterocycles. The molecule has 372 valence electrons. The van der Waals surface area contributed by atoms with Crippen LogP contribution in [0.1, 0.15) is 119 Å². The van der Waals surface area contributed by atoms with Crippen LogP contribution in [0, 0.1) is 35.5 Å². The van der Waals surface area contributed by atoms with Crippen molar-refractivity contribution >= 4 is 29.2 Å². The van der Waals surface area contributed by atoms with E-state index in [2.05, 4.69) is 6.92 Å². The number of hydrogen-bond acceptors (Lipinski definition) is 13. The predicted molar refractivity (Wildman–Crippen MR) is 252 cm³/mol. The molecule has 3 fully saturated rings. The quantitative estimate of drug-likeness (QED) is 0.0309. The molecule has 1 unspecified atom stereocenters. The van der Waals surface area contributed by atoms with Gasteiger partial charge in [-0.3, -0.25) is 19.2 Å². The molecule has 3 rings (SSSR count). The second-order valence-electron chi connectivity index (χ2n) is 19.2. The number of hydrogen-bond donors (Lipinski definition) is 3. The van der Waals surface area contributed by atoms with Gasteiger partial charge in [0.1, 0.15) is 18.2 Å². The largest absolute Gasteiger partial charge is 0.467 e. The average Bonchev–Trinajstić information content (AvgIpc) is 3.30. The Bertz CT molecular complexity index is 1770. The van der Waals surface area contributed by atoms with Gasteiger partial charge in [0.2, 0.25) is 5.79 Å². The number of rotatable bonds is 24. The number of aliphatic hydroxyl groups excluding tert-OH is 2. The number of piperidine rings is 1. The molecule has 0 radical (unpaired) electrons. The lowest BCUT2D eigenvalue weighted by Gasteiger charge is -2.42. The van der Waals surface area contributed by atoms with E-state index in [1.165, 1.54) is 19.1 Å². The minimum absolute atomic E-state index is 0.0232. The highest BCUT2D eigenvalue weighted by atomic mass is 16.6. The van der Waals surface area contributed by atoms with Crippen LogP contribution in [0.15, 0.2) is 59.8 Å². The van der Waals surface area contributed by atoms with Crippen LogP contribution in [0.2, 0.25) is 0 Å². The molecule has 1 amide bonds. The Hall–Kier alpha value is -3.63. The van der Waals surface area contributed by atoms with Gasteiger partial charge in [0, 0.05) is 52.0 Å². The molecule has 2 aliphatic heterocycles. The van der Waals surface area contributed by atoms with Crippen LogP contribution < -0.4 is 0 Å². The number of ether oxygens (including phenoxy) is 5. The molecule has 66 heavy (non-hydrogen) atoms. The zero-order chi connectivity index (χ0) is 49.3. The second kappa shape index (κ2) is 27.4. The number of allylic oxidation sites excluding steroid dienone is 8. The maximum absolute atomic E-state index is 13.6. The normalized spacial score (nSPS) is 29.0. The molecule has 0 aromatic rings. The number of Topliss-reactive ketones (excluding diaryl/α,β-unsaturated/α-hetero) is 2. The Morgan fingerprint density at radius 2 is 1.56 bits per heavy atom. The van der Waals surface area contributed by atoms with Gasteiger partial charge in [-0.25, -0.2) is 4.79 Å². The first-order valence-corrected chi connectivity index (χ1v) is 24.0. The molecule has 0 spiro atoms. The van der Waals surface area contributed by atoms with Crippen LogP contribution in [0.5, 0.6) is 0 Å². The van der Waals surface area contributed by atoms with Gasteiger partial charge >= 0.3 is 5.97 Å². The van der Waals surface area contributed by atoms with Crippen molar-refractivity contribution in [1.82, 2.24) is 4.90 Å². The highest BCUT2D eigenvalue weighted by molar-refractivity contribution is 6.39. The third kappa shape index (κ3) is 16.0. The molecule has 14 atom stereocenters. The minimum atomic E-state index is -2.34. The highest BCUT2D eigenvalue weighted by Gasteiger charge is 2.53. The van der Waals surface area contributed by atoms with Crippen molar-refractivity contribution < 1.29 is 63.0 Å². The second-order valence-corrected chi connectivity index (χ2v) is 19.2. The maximum Gasteiger partial charge on any atom is 0.328 e. The molecule has 14 nitrogen and oxygen atoms in total. The molecule has 0 bridgehead atoms. The Morgan fingerprint density at radius 1 is 0.848 bits per heavy atom. The fraction of sp³-hybridized carbons (Fsp3) is 0.712. The Labute approximate surface area is 393 Å². The van der Waals surface area contributed by atoms with E-state index in [4.69, 9.17) is 23.7 Å². The monoisotopic (exact) mass is 928 g/mol. The van der Waals surface area contributed by atoms with Crippen molar-refractivity contribution in [2.75, 3.05) is 35.0 Å². The van der Waals surface area contributed by atoms with Crippen molar-refractivity contribution in [1.29, 1.82) is 0 Å². The number of aliphatic hydroxyl groups is 3. The van der Waals surface area contributed by atoms with E-state index in [0.717, 1.165) is 24.8 Å². The lowest BCUT2D eigenvalue weighted by Crippen LogP contribution is -2.60. The zero-order valence-electron chi connectivity index (χ0n) is 41.5. The molecule has 3 N–H and O–H groups in total. The smallest absolute Gasteiger partial charge is 0.328 e. The summed E-state index contributed by atoms with van der Waals surface area (Å²) in [6.45, 7) is 13.2. The summed E-state index contributed by atoms with van der Waals surface area (Å²) in [4.78, 5) is 67.1. The topological polar surface area (TPSA) is 195 Å². The molecule has 1 aliphatic carbocycles. The van der Waals surface area contributed by atoms with Crippen LogP contribution in [0.4, 0.5) is 0 Å². The van der Waals surface area contributed by atoms with Crippen molar-refractivity contribution in [2.45, 2.75) is 168 Å². The molecular formula is C52H81NO13. The third-order valence-corrected chi connectivity index (χ3v) is 13.9. The van der Waals surface area contributed by atoms with E-state index in [9.17, 15) is 39.3 Å². The molecule has 2 saturated heterocycles. The molecule has 3 aliphatic rings. The maximum atomic E-state index is 13.6. The van der Waals surface area contributed by atoms with Crippen molar-refractivity contribution in [2.24, 2.45) is 35.5 Å². The minimum Gasteiger partial charge on any atom is -0.467 e. The lowest BCUT2D eigenvalue weighted by molar-refractivity contribution is -0.265. The first-order valence-electron chi connectivity index (χ1n) is 24.0. The Kier molecular flexibility index (Phi) is 23.5. The Morgan fingerprint density at radius 3 is 2.21 bits per heavy atom. The van der Waals surface area contributed by atoms with Crippen LogP contribution in [-0.2, 0) is 47.7 Å².